The highest BCUT2D eigenvalue weighted by Gasteiger charge is 2.33. The first kappa shape index (κ1) is 23.2. The molecule has 2 aromatic carbocycles. The predicted octanol–water partition coefficient (Wildman–Crippen LogP) is 4.10. The van der Waals surface area contributed by atoms with E-state index in [1.807, 2.05) is 24.3 Å². The van der Waals surface area contributed by atoms with Gasteiger partial charge in [-0.2, -0.15) is 4.31 Å². The molecule has 8 heteroatoms. The lowest BCUT2D eigenvalue weighted by Crippen LogP contribution is -2.41. The molecule has 0 aliphatic carbocycles. The maximum absolute atomic E-state index is 14.0. The molecule has 0 unspecified atom stereocenters. The van der Waals surface area contributed by atoms with E-state index in [1.165, 1.54) is 22.5 Å². The van der Waals surface area contributed by atoms with Crippen LogP contribution in [0, 0.1) is 11.7 Å². The maximum atomic E-state index is 14.0. The zero-order valence-corrected chi connectivity index (χ0v) is 19.0. The minimum atomic E-state index is -3.90. The Kier molecular flexibility index (Phi) is 7.33. The standard InChI is InChI=1S/C23H30FN3O3S/c1-4-27(17(2)3)20-11-9-19(10-12-20)25-23(28)18-13-15-26(16-14-18)31(29,30)22-8-6-5-7-21(22)24/h5-12,17-18H,4,13-16H2,1-3H3,(H,25,28). The average molecular weight is 448 g/mol. The zero-order chi connectivity index (χ0) is 22.6. The highest BCUT2D eigenvalue weighted by Crippen LogP contribution is 2.27. The lowest BCUT2D eigenvalue weighted by molar-refractivity contribution is -0.120. The summed E-state index contributed by atoms with van der Waals surface area (Å²) in [7, 11) is -3.90. The molecule has 0 radical (unpaired) electrons. The summed E-state index contributed by atoms with van der Waals surface area (Å²) in [5.41, 5.74) is 1.82. The predicted molar refractivity (Wildman–Crippen MR) is 121 cm³/mol. The summed E-state index contributed by atoms with van der Waals surface area (Å²) in [6.45, 7) is 7.66. The van der Waals surface area contributed by atoms with Gasteiger partial charge in [0.05, 0.1) is 0 Å². The van der Waals surface area contributed by atoms with Crippen molar-refractivity contribution in [3.05, 3.63) is 54.3 Å². The topological polar surface area (TPSA) is 69.7 Å². The third kappa shape index (κ3) is 5.25. The van der Waals surface area contributed by atoms with Gasteiger partial charge in [-0.05, 0) is 70.0 Å². The molecule has 3 rings (SSSR count). The molecule has 0 atom stereocenters. The van der Waals surface area contributed by atoms with Crippen molar-refractivity contribution in [3.8, 4) is 0 Å². The van der Waals surface area contributed by atoms with Crippen LogP contribution in [0.3, 0.4) is 0 Å². The molecule has 1 N–H and O–H groups in total. The highest BCUT2D eigenvalue weighted by molar-refractivity contribution is 7.89. The Balaban J connectivity index is 1.59. The number of hydrogen-bond acceptors (Lipinski definition) is 4. The number of sulfonamides is 1. The smallest absolute Gasteiger partial charge is 0.245 e. The van der Waals surface area contributed by atoms with Crippen molar-refractivity contribution in [2.24, 2.45) is 5.92 Å². The second-order valence-corrected chi connectivity index (χ2v) is 9.93. The van der Waals surface area contributed by atoms with E-state index in [0.717, 1.165) is 24.0 Å². The summed E-state index contributed by atoms with van der Waals surface area (Å²) in [5.74, 6) is -1.16. The third-order valence-electron chi connectivity index (χ3n) is 5.71. The molecule has 0 aromatic heterocycles. The zero-order valence-electron chi connectivity index (χ0n) is 18.2. The van der Waals surface area contributed by atoms with Gasteiger partial charge in [0.1, 0.15) is 10.7 Å². The Bertz CT molecular complexity index is 1000. The number of nitrogens with one attached hydrogen (secondary N) is 1. The van der Waals surface area contributed by atoms with Crippen molar-refractivity contribution >= 4 is 27.3 Å². The molecule has 0 saturated carbocycles. The molecule has 1 saturated heterocycles. The van der Waals surface area contributed by atoms with Crippen LogP contribution in [-0.4, -0.2) is 44.3 Å². The molecule has 168 valence electrons. The summed E-state index contributed by atoms with van der Waals surface area (Å²) in [4.78, 5) is 14.6. The second kappa shape index (κ2) is 9.78. The van der Waals surface area contributed by atoms with Gasteiger partial charge in [-0.1, -0.05) is 12.1 Å². The lowest BCUT2D eigenvalue weighted by Gasteiger charge is -2.30. The van der Waals surface area contributed by atoms with Crippen LogP contribution in [0.15, 0.2) is 53.4 Å². The summed E-state index contributed by atoms with van der Waals surface area (Å²) in [5, 5.41) is 2.93. The van der Waals surface area contributed by atoms with E-state index in [-0.39, 0.29) is 29.8 Å². The van der Waals surface area contributed by atoms with Gasteiger partial charge in [0, 0.05) is 43.0 Å². The quantitative estimate of drug-likeness (QED) is 0.694. The highest BCUT2D eigenvalue weighted by atomic mass is 32.2. The molecule has 1 aliphatic rings. The SMILES string of the molecule is CCN(c1ccc(NC(=O)C2CCN(S(=O)(=O)c3ccccc3F)CC2)cc1)C(C)C. The van der Waals surface area contributed by atoms with Crippen LogP contribution < -0.4 is 10.2 Å². The van der Waals surface area contributed by atoms with Crippen molar-refractivity contribution in [3.63, 3.8) is 0 Å². The molecule has 31 heavy (non-hydrogen) atoms. The molecule has 6 nitrogen and oxygen atoms in total. The fourth-order valence-corrected chi connectivity index (χ4v) is 5.51. The summed E-state index contributed by atoms with van der Waals surface area (Å²) in [6.07, 6.45) is 0.795. The molecule has 1 fully saturated rings. The summed E-state index contributed by atoms with van der Waals surface area (Å²) < 4.78 is 40.7. The molecular formula is C23H30FN3O3S. The number of halogens is 1. The van der Waals surface area contributed by atoms with E-state index in [4.69, 9.17) is 0 Å². The van der Waals surface area contributed by atoms with Gasteiger partial charge in [0.25, 0.3) is 0 Å². The van der Waals surface area contributed by atoms with Crippen LogP contribution in [0.2, 0.25) is 0 Å². The Morgan fingerprint density at radius 2 is 1.74 bits per heavy atom. The molecule has 1 heterocycles. The van der Waals surface area contributed by atoms with Crippen molar-refractivity contribution in [1.29, 1.82) is 0 Å². The van der Waals surface area contributed by atoms with E-state index in [1.54, 1.807) is 0 Å². The van der Waals surface area contributed by atoms with Gasteiger partial charge in [-0.15, -0.1) is 0 Å². The van der Waals surface area contributed by atoms with E-state index in [9.17, 15) is 17.6 Å². The van der Waals surface area contributed by atoms with Gasteiger partial charge < -0.3 is 10.2 Å². The van der Waals surface area contributed by atoms with Crippen molar-refractivity contribution in [1.82, 2.24) is 4.31 Å². The summed E-state index contributed by atoms with van der Waals surface area (Å²) in [6, 6.07) is 13.5. The third-order valence-corrected chi connectivity index (χ3v) is 7.64. The van der Waals surface area contributed by atoms with Gasteiger partial charge in [0.15, 0.2) is 0 Å². The van der Waals surface area contributed by atoms with Gasteiger partial charge >= 0.3 is 0 Å². The number of amides is 1. The van der Waals surface area contributed by atoms with Gasteiger partial charge in [0.2, 0.25) is 15.9 Å². The van der Waals surface area contributed by atoms with Crippen molar-refractivity contribution < 1.29 is 17.6 Å². The first-order valence-electron chi connectivity index (χ1n) is 10.7. The van der Waals surface area contributed by atoms with E-state index < -0.39 is 15.8 Å². The van der Waals surface area contributed by atoms with E-state index >= 15 is 0 Å². The van der Waals surface area contributed by atoms with Crippen LogP contribution in [0.25, 0.3) is 0 Å². The van der Waals surface area contributed by atoms with Gasteiger partial charge in [-0.3, -0.25) is 4.79 Å². The molecule has 0 spiro atoms. The number of anilines is 2. The molecule has 2 aromatic rings. The minimum Gasteiger partial charge on any atom is -0.369 e. The summed E-state index contributed by atoms with van der Waals surface area (Å²) >= 11 is 0. The Morgan fingerprint density at radius 3 is 2.29 bits per heavy atom. The van der Waals surface area contributed by atoms with Gasteiger partial charge in [-0.25, -0.2) is 12.8 Å². The Morgan fingerprint density at radius 1 is 1.13 bits per heavy atom. The first-order chi connectivity index (χ1) is 14.7. The van der Waals surface area contributed by atoms with Crippen molar-refractivity contribution in [2.45, 2.75) is 44.6 Å². The lowest BCUT2D eigenvalue weighted by atomic mass is 9.97. The molecule has 1 aliphatic heterocycles. The molecule has 0 bridgehead atoms. The fraction of sp³-hybridized carbons (Fsp3) is 0.435. The number of nitrogens with zero attached hydrogens (tertiary/aromatic N) is 2. The van der Waals surface area contributed by atoms with Crippen molar-refractivity contribution in [2.75, 3.05) is 29.9 Å². The van der Waals surface area contributed by atoms with Crippen LogP contribution in [0.5, 0.6) is 0 Å². The first-order valence-corrected chi connectivity index (χ1v) is 12.1. The fourth-order valence-electron chi connectivity index (χ4n) is 3.98. The van der Waals surface area contributed by atoms with Crippen LogP contribution >= 0.6 is 0 Å². The second-order valence-electron chi connectivity index (χ2n) is 8.02. The van der Waals surface area contributed by atoms with Crippen LogP contribution in [0.1, 0.15) is 33.6 Å². The number of piperidine rings is 1. The van der Waals surface area contributed by atoms with E-state index in [2.05, 4.69) is 31.0 Å². The van der Waals surface area contributed by atoms with Crippen LogP contribution in [-0.2, 0) is 14.8 Å². The molecule has 1 amide bonds. The number of carbonyl (C=O) groups excluding carboxylic acids is 1. The average Bonchev–Trinajstić information content (AvgIpc) is 2.75. The normalized spacial score (nSPS) is 15.8. The monoisotopic (exact) mass is 447 g/mol. The Labute approximate surface area is 184 Å². The number of benzene rings is 2. The number of hydrogen-bond donors (Lipinski definition) is 1. The maximum Gasteiger partial charge on any atom is 0.245 e. The largest absolute Gasteiger partial charge is 0.369 e. The minimum absolute atomic E-state index is 0.119. The van der Waals surface area contributed by atoms with E-state index in [0.29, 0.717) is 18.9 Å². The number of rotatable bonds is 7. The van der Waals surface area contributed by atoms with Crippen LogP contribution in [0.4, 0.5) is 15.8 Å². The Hall–Kier alpha value is -2.45. The number of carbonyl (C=O) groups is 1. The molecular weight excluding hydrogens is 417 g/mol.